The summed E-state index contributed by atoms with van der Waals surface area (Å²) in [5, 5.41) is 2.83. The maximum Gasteiger partial charge on any atom is 0.217 e. The molecule has 1 fully saturated rings. The zero-order valence-electron chi connectivity index (χ0n) is 21.1. The van der Waals surface area contributed by atoms with Crippen LogP contribution in [0.1, 0.15) is 53.3 Å². The Morgan fingerprint density at radius 3 is 2.58 bits per heavy atom. The molecule has 1 saturated heterocycles. The van der Waals surface area contributed by atoms with E-state index in [0.717, 1.165) is 55.1 Å². The average Bonchev–Trinajstić information content (AvgIpc) is 3.10. The molecular weight excluding hydrogens is 438 g/mol. The average molecular weight is 478 g/mol. The van der Waals surface area contributed by atoms with Crippen molar-refractivity contribution in [3.05, 3.63) is 24.0 Å². The lowest BCUT2D eigenvalue weighted by Crippen LogP contribution is -2.43. The molecule has 1 aromatic carbocycles. The lowest BCUT2D eigenvalue weighted by atomic mass is 9.94. The van der Waals surface area contributed by atoms with Crippen LogP contribution in [0.2, 0.25) is 0 Å². The molecule has 1 aromatic heterocycles. The van der Waals surface area contributed by atoms with E-state index in [1.165, 1.54) is 6.92 Å². The number of ether oxygens (including phenoxy) is 1. The summed E-state index contributed by atoms with van der Waals surface area (Å²) in [7, 11) is 3.62. The minimum absolute atomic E-state index is 0.0842. The quantitative estimate of drug-likeness (QED) is 0.633. The van der Waals surface area contributed by atoms with Crippen LogP contribution in [0.5, 0.6) is 0 Å². The molecule has 0 aliphatic carbocycles. The molecule has 2 unspecified atom stereocenters. The van der Waals surface area contributed by atoms with Crippen LogP contribution in [0.4, 0.5) is 5.69 Å². The molecule has 0 saturated carbocycles. The summed E-state index contributed by atoms with van der Waals surface area (Å²) in [5.74, 6) is 1.57. The van der Waals surface area contributed by atoms with E-state index < -0.39 is 11.2 Å². The van der Waals surface area contributed by atoms with E-state index in [2.05, 4.69) is 36.7 Å². The van der Waals surface area contributed by atoms with E-state index in [9.17, 15) is 9.00 Å². The Labute approximate surface area is 200 Å². The topological polar surface area (TPSA) is 79.7 Å². The highest BCUT2D eigenvalue weighted by Gasteiger charge is 2.26. The van der Waals surface area contributed by atoms with Crippen LogP contribution in [0.15, 0.2) is 18.2 Å². The van der Waals surface area contributed by atoms with Crippen molar-refractivity contribution in [1.82, 2.24) is 19.2 Å². The monoisotopic (exact) mass is 477 g/mol. The molecule has 2 heterocycles. The second-order valence-electron chi connectivity index (χ2n) is 10.2. The normalized spacial score (nSPS) is 17.3. The highest BCUT2D eigenvalue weighted by Crippen LogP contribution is 2.31. The van der Waals surface area contributed by atoms with Gasteiger partial charge in [-0.15, -0.1) is 0 Å². The molecule has 2 atom stereocenters. The van der Waals surface area contributed by atoms with Crippen molar-refractivity contribution >= 4 is 33.8 Å². The largest absolute Gasteiger partial charge is 0.381 e. The van der Waals surface area contributed by atoms with Crippen molar-refractivity contribution in [2.45, 2.75) is 65.5 Å². The van der Waals surface area contributed by atoms with E-state index >= 15 is 0 Å². The Kier molecular flexibility index (Phi) is 8.18. The van der Waals surface area contributed by atoms with E-state index in [0.29, 0.717) is 12.5 Å². The van der Waals surface area contributed by atoms with Gasteiger partial charge in [0.2, 0.25) is 5.91 Å². The first-order valence-corrected chi connectivity index (χ1v) is 12.8. The van der Waals surface area contributed by atoms with Gasteiger partial charge in [-0.3, -0.25) is 9.10 Å². The molecule has 1 N–H and O–H groups in total. The number of likely N-dealkylation sites (N-methyl/N-ethyl adjacent to an activating group) is 1. The van der Waals surface area contributed by atoms with Crippen LogP contribution in [0.3, 0.4) is 0 Å². The van der Waals surface area contributed by atoms with Gasteiger partial charge >= 0.3 is 0 Å². The molecule has 1 aliphatic rings. The molecule has 0 radical (unpaired) electrons. The number of fused-ring (bicyclic) bond motifs is 1. The van der Waals surface area contributed by atoms with Crippen molar-refractivity contribution in [3.63, 3.8) is 0 Å². The van der Waals surface area contributed by atoms with Crippen molar-refractivity contribution in [1.29, 1.82) is 0 Å². The Bertz CT molecular complexity index is 994. The van der Waals surface area contributed by atoms with E-state index in [1.807, 2.05) is 26.1 Å². The molecule has 3 rings (SSSR count). The lowest BCUT2D eigenvalue weighted by Gasteiger charge is -2.27. The molecule has 1 aliphatic heterocycles. The van der Waals surface area contributed by atoms with Gasteiger partial charge in [0.05, 0.1) is 16.7 Å². The number of nitrogens with one attached hydrogen (secondary N) is 1. The van der Waals surface area contributed by atoms with Crippen LogP contribution < -0.4 is 9.62 Å². The van der Waals surface area contributed by atoms with Gasteiger partial charge in [0.1, 0.15) is 5.82 Å². The number of hydrogen-bond donors (Lipinski definition) is 1. The minimum atomic E-state index is -1.39. The zero-order chi connectivity index (χ0) is 24.3. The summed E-state index contributed by atoms with van der Waals surface area (Å²) < 4.78 is 24.5. The summed E-state index contributed by atoms with van der Waals surface area (Å²) in [5.41, 5.74) is 2.79. The van der Waals surface area contributed by atoms with Crippen LogP contribution in [-0.2, 0) is 32.7 Å². The molecule has 0 bridgehead atoms. The first kappa shape index (κ1) is 25.6. The number of carbonyl (C=O) groups excluding carboxylic acids is 1. The van der Waals surface area contributed by atoms with Crippen molar-refractivity contribution in [2.24, 2.45) is 5.92 Å². The molecule has 0 spiro atoms. The fraction of sp³-hybridized carbons (Fsp3) is 0.667. The number of amides is 1. The first-order chi connectivity index (χ1) is 15.5. The Morgan fingerprint density at radius 1 is 1.30 bits per heavy atom. The number of benzene rings is 1. The highest BCUT2D eigenvalue weighted by atomic mass is 32.2. The lowest BCUT2D eigenvalue weighted by molar-refractivity contribution is -0.119. The standard InChI is InChI=1S/C24H39N5O3S/c1-17(25-18(2)30)15-27(6)33(31)28(7)20-8-9-22-21(14-20)26-23(24(3,4)5)29(22)16-19-10-12-32-13-11-19/h8-9,14,17,19H,10-13,15-16H2,1-7H3,(H,25,30). The van der Waals surface area contributed by atoms with Gasteiger partial charge in [-0.2, -0.15) is 0 Å². The Hall–Kier alpha value is -1.97. The third-order valence-electron chi connectivity index (χ3n) is 6.03. The van der Waals surface area contributed by atoms with Gasteiger partial charge in [0, 0.05) is 58.8 Å². The van der Waals surface area contributed by atoms with E-state index in [4.69, 9.17) is 9.72 Å². The number of rotatable bonds is 8. The number of imidazole rings is 1. The summed E-state index contributed by atoms with van der Waals surface area (Å²) in [6, 6.07) is 6.04. The van der Waals surface area contributed by atoms with Crippen LogP contribution in [0.25, 0.3) is 11.0 Å². The summed E-state index contributed by atoms with van der Waals surface area (Å²) >= 11 is -1.39. The summed E-state index contributed by atoms with van der Waals surface area (Å²) in [6.07, 6.45) is 2.15. The molecule has 1 amide bonds. The summed E-state index contributed by atoms with van der Waals surface area (Å²) in [4.78, 5) is 16.3. The molecule has 184 valence electrons. The maximum absolute atomic E-state index is 13.1. The predicted molar refractivity (Wildman–Crippen MR) is 134 cm³/mol. The van der Waals surface area contributed by atoms with Crippen LogP contribution >= 0.6 is 0 Å². The van der Waals surface area contributed by atoms with Crippen molar-refractivity contribution in [3.8, 4) is 0 Å². The highest BCUT2D eigenvalue weighted by molar-refractivity contribution is 7.84. The third-order valence-corrected chi connectivity index (χ3v) is 7.39. The van der Waals surface area contributed by atoms with Gasteiger partial charge in [0.15, 0.2) is 11.2 Å². The number of aromatic nitrogens is 2. The van der Waals surface area contributed by atoms with Gasteiger partial charge in [-0.1, -0.05) is 20.8 Å². The predicted octanol–water partition coefficient (Wildman–Crippen LogP) is 3.23. The molecule has 8 nitrogen and oxygen atoms in total. The molecule has 9 heteroatoms. The molecule has 33 heavy (non-hydrogen) atoms. The second kappa shape index (κ2) is 10.5. The van der Waals surface area contributed by atoms with Crippen molar-refractivity contribution in [2.75, 3.05) is 38.2 Å². The number of anilines is 1. The Morgan fingerprint density at radius 2 is 1.97 bits per heavy atom. The van der Waals surface area contributed by atoms with Crippen LogP contribution in [-0.4, -0.2) is 63.9 Å². The van der Waals surface area contributed by atoms with E-state index in [1.54, 1.807) is 15.7 Å². The SMILES string of the molecule is CC(=O)NC(C)CN(C)S(=O)N(C)c1ccc2c(c1)nc(C(C)(C)C)n2CC1CCOCC1. The van der Waals surface area contributed by atoms with Crippen molar-refractivity contribution < 1.29 is 13.7 Å². The Balaban J connectivity index is 1.85. The number of nitrogens with zero attached hydrogens (tertiary/aromatic N) is 4. The number of carbonyl (C=O) groups is 1. The molecular formula is C24H39N5O3S. The maximum atomic E-state index is 13.1. The first-order valence-electron chi connectivity index (χ1n) is 11.7. The van der Waals surface area contributed by atoms with Gasteiger partial charge < -0.3 is 14.6 Å². The van der Waals surface area contributed by atoms with Gasteiger partial charge in [0.25, 0.3) is 0 Å². The minimum Gasteiger partial charge on any atom is -0.381 e. The van der Waals surface area contributed by atoms with E-state index in [-0.39, 0.29) is 17.4 Å². The third kappa shape index (κ3) is 6.33. The second-order valence-corrected chi connectivity index (χ2v) is 11.8. The fourth-order valence-corrected chi connectivity index (χ4v) is 5.46. The molecule has 2 aromatic rings. The van der Waals surface area contributed by atoms with Crippen LogP contribution in [0, 0.1) is 5.92 Å². The smallest absolute Gasteiger partial charge is 0.217 e. The summed E-state index contributed by atoms with van der Waals surface area (Å²) in [6.45, 7) is 13.1. The zero-order valence-corrected chi connectivity index (χ0v) is 21.9. The fourth-order valence-electron chi connectivity index (χ4n) is 4.40. The number of hydrogen-bond acceptors (Lipinski definition) is 4. The van der Waals surface area contributed by atoms with Gasteiger partial charge in [-0.25, -0.2) is 13.5 Å². The van der Waals surface area contributed by atoms with Gasteiger partial charge in [-0.05, 0) is 43.9 Å².